The first kappa shape index (κ1) is 14.4. The highest BCUT2D eigenvalue weighted by Crippen LogP contribution is 2.37. The third-order valence-corrected chi connectivity index (χ3v) is 4.13. The van der Waals surface area contributed by atoms with E-state index in [9.17, 15) is 0 Å². The average molecular weight is 323 g/mol. The molecule has 0 heterocycles. The summed E-state index contributed by atoms with van der Waals surface area (Å²) in [5.41, 5.74) is 1.79. The van der Waals surface area contributed by atoms with Gasteiger partial charge in [-0.05, 0) is 43.9 Å². The van der Waals surface area contributed by atoms with E-state index in [1.807, 2.05) is 12.1 Å². The number of benzene rings is 1. The van der Waals surface area contributed by atoms with Gasteiger partial charge in [-0.25, -0.2) is 0 Å². The molecule has 1 atom stereocenters. The standard InChI is InChI=1S/C15H19BrN2O/c1-11(13-3-4-13)18(5-6-19-2)15-8-12(10-17)7-14(16)9-15/h7-9,11,13H,3-6H2,1-2H3. The number of hydrogen-bond acceptors (Lipinski definition) is 3. The van der Waals surface area contributed by atoms with E-state index in [0.29, 0.717) is 18.2 Å². The van der Waals surface area contributed by atoms with Crippen LogP contribution in [0.1, 0.15) is 25.3 Å². The minimum absolute atomic E-state index is 0.496. The van der Waals surface area contributed by atoms with Crippen LogP contribution in [0.25, 0.3) is 0 Å². The van der Waals surface area contributed by atoms with Gasteiger partial charge in [-0.15, -0.1) is 0 Å². The Morgan fingerprint density at radius 1 is 1.47 bits per heavy atom. The largest absolute Gasteiger partial charge is 0.383 e. The van der Waals surface area contributed by atoms with Crippen LogP contribution in [0.5, 0.6) is 0 Å². The fraction of sp³-hybridized carbons (Fsp3) is 0.533. The minimum Gasteiger partial charge on any atom is -0.383 e. The number of hydrogen-bond donors (Lipinski definition) is 0. The zero-order chi connectivity index (χ0) is 13.8. The Kier molecular flexibility index (Phi) is 4.84. The van der Waals surface area contributed by atoms with Crippen molar-refractivity contribution in [2.24, 2.45) is 5.92 Å². The van der Waals surface area contributed by atoms with Crippen LogP contribution in [0.15, 0.2) is 22.7 Å². The first-order valence-corrected chi connectivity index (χ1v) is 7.41. The van der Waals surface area contributed by atoms with E-state index in [-0.39, 0.29) is 0 Å². The molecule has 0 aromatic heterocycles. The number of rotatable bonds is 6. The van der Waals surface area contributed by atoms with E-state index in [1.165, 1.54) is 12.8 Å². The van der Waals surface area contributed by atoms with Gasteiger partial charge in [0.25, 0.3) is 0 Å². The van der Waals surface area contributed by atoms with Crippen molar-refractivity contribution in [2.45, 2.75) is 25.8 Å². The second-order valence-electron chi connectivity index (χ2n) is 5.07. The first-order valence-electron chi connectivity index (χ1n) is 6.62. The molecule has 0 aliphatic heterocycles. The highest BCUT2D eigenvalue weighted by atomic mass is 79.9. The van der Waals surface area contributed by atoms with Crippen LogP contribution in [0, 0.1) is 17.2 Å². The third kappa shape index (κ3) is 3.71. The van der Waals surface area contributed by atoms with E-state index in [2.05, 4.69) is 39.9 Å². The van der Waals surface area contributed by atoms with Gasteiger partial charge in [-0.3, -0.25) is 0 Å². The van der Waals surface area contributed by atoms with Gasteiger partial charge in [0.1, 0.15) is 0 Å². The Balaban J connectivity index is 2.25. The van der Waals surface area contributed by atoms with Crippen molar-refractivity contribution in [3.8, 4) is 6.07 Å². The van der Waals surface area contributed by atoms with Crippen molar-refractivity contribution in [3.63, 3.8) is 0 Å². The van der Waals surface area contributed by atoms with Gasteiger partial charge in [0, 0.05) is 29.9 Å². The third-order valence-electron chi connectivity index (χ3n) is 3.68. The summed E-state index contributed by atoms with van der Waals surface area (Å²) >= 11 is 3.48. The lowest BCUT2D eigenvalue weighted by Gasteiger charge is -2.31. The number of ether oxygens (including phenoxy) is 1. The van der Waals surface area contributed by atoms with Crippen LogP contribution >= 0.6 is 15.9 Å². The molecule has 0 bridgehead atoms. The SMILES string of the molecule is COCCN(c1cc(Br)cc(C#N)c1)C(C)C1CC1. The lowest BCUT2D eigenvalue weighted by Crippen LogP contribution is -2.37. The topological polar surface area (TPSA) is 36.3 Å². The van der Waals surface area contributed by atoms with E-state index in [4.69, 9.17) is 10.00 Å². The molecule has 4 heteroatoms. The van der Waals surface area contributed by atoms with Gasteiger partial charge in [0.2, 0.25) is 0 Å². The highest BCUT2D eigenvalue weighted by Gasteiger charge is 2.32. The molecule has 1 aliphatic carbocycles. The molecule has 0 saturated heterocycles. The summed E-state index contributed by atoms with van der Waals surface area (Å²) in [6.07, 6.45) is 2.62. The molecule has 1 fully saturated rings. The lowest BCUT2D eigenvalue weighted by molar-refractivity contribution is 0.202. The first-order chi connectivity index (χ1) is 9.15. The van der Waals surface area contributed by atoms with Gasteiger partial charge >= 0.3 is 0 Å². The summed E-state index contributed by atoms with van der Waals surface area (Å²) in [6, 6.07) is 8.59. The Hall–Kier alpha value is -1.05. The summed E-state index contributed by atoms with van der Waals surface area (Å²) in [5, 5.41) is 9.09. The lowest BCUT2D eigenvalue weighted by atomic mass is 10.1. The molecule has 0 radical (unpaired) electrons. The van der Waals surface area contributed by atoms with E-state index in [1.54, 1.807) is 7.11 Å². The molecule has 2 rings (SSSR count). The normalized spacial score (nSPS) is 15.9. The predicted molar refractivity (Wildman–Crippen MR) is 80.3 cm³/mol. The molecule has 0 N–H and O–H groups in total. The van der Waals surface area contributed by atoms with Crippen LogP contribution < -0.4 is 4.90 Å². The maximum Gasteiger partial charge on any atom is 0.0992 e. The van der Waals surface area contributed by atoms with Gasteiger partial charge in [-0.1, -0.05) is 15.9 Å². The van der Waals surface area contributed by atoms with E-state index >= 15 is 0 Å². The maximum absolute atomic E-state index is 9.09. The fourth-order valence-electron chi connectivity index (χ4n) is 2.40. The molecular weight excluding hydrogens is 304 g/mol. The van der Waals surface area contributed by atoms with E-state index in [0.717, 1.165) is 22.6 Å². The maximum atomic E-state index is 9.09. The number of methoxy groups -OCH3 is 1. The summed E-state index contributed by atoms with van der Waals surface area (Å²) < 4.78 is 6.16. The van der Waals surface area contributed by atoms with Crippen molar-refractivity contribution in [1.29, 1.82) is 5.26 Å². The second kappa shape index (κ2) is 6.40. The monoisotopic (exact) mass is 322 g/mol. The fourth-order valence-corrected chi connectivity index (χ4v) is 2.88. The van der Waals surface area contributed by atoms with Gasteiger partial charge in [0.15, 0.2) is 0 Å². The molecule has 1 unspecified atom stereocenters. The average Bonchev–Trinajstić information content (AvgIpc) is 3.22. The van der Waals surface area contributed by atoms with Crippen molar-refractivity contribution < 1.29 is 4.74 Å². The van der Waals surface area contributed by atoms with Crippen LogP contribution in [0.3, 0.4) is 0 Å². The molecule has 1 aromatic carbocycles. The molecule has 3 nitrogen and oxygen atoms in total. The minimum atomic E-state index is 0.496. The van der Waals surface area contributed by atoms with Crippen LogP contribution in [-0.4, -0.2) is 26.3 Å². The molecule has 1 aromatic rings. The molecule has 1 aliphatic rings. The zero-order valence-electron chi connectivity index (χ0n) is 11.4. The smallest absolute Gasteiger partial charge is 0.0992 e. The van der Waals surface area contributed by atoms with Crippen molar-refractivity contribution in [2.75, 3.05) is 25.2 Å². The number of nitrogens with zero attached hydrogens (tertiary/aromatic N) is 2. The van der Waals surface area contributed by atoms with Crippen molar-refractivity contribution >= 4 is 21.6 Å². The number of nitriles is 1. The highest BCUT2D eigenvalue weighted by molar-refractivity contribution is 9.10. The Morgan fingerprint density at radius 2 is 2.21 bits per heavy atom. The molecule has 1 saturated carbocycles. The number of halogens is 1. The summed E-state index contributed by atoms with van der Waals surface area (Å²) in [4.78, 5) is 2.35. The van der Waals surface area contributed by atoms with Crippen LogP contribution in [-0.2, 0) is 4.74 Å². The van der Waals surface area contributed by atoms with Crippen LogP contribution in [0.2, 0.25) is 0 Å². The molecular formula is C15H19BrN2O. The molecule has 0 spiro atoms. The second-order valence-corrected chi connectivity index (χ2v) is 5.99. The molecule has 0 amide bonds. The molecule has 102 valence electrons. The van der Waals surface area contributed by atoms with E-state index < -0.39 is 0 Å². The Morgan fingerprint density at radius 3 is 2.79 bits per heavy atom. The van der Waals surface area contributed by atoms with Crippen molar-refractivity contribution in [3.05, 3.63) is 28.2 Å². The Labute approximate surface area is 123 Å². The Bertz CT molecular complexity index is 480. The zero-order valence-corrected chi connectivity index (χ0v) is 13.0. The summed E-state index contributed by atoms with van der Waals surface area (Å²) in [7, 11) is 1.72. The number of anilines is 1. The summed E-state index contributed by atoms with van der Waals surface area (Å²) in [6.45, 7) is 3.82. The quantitative estimate of drug-likeness (QED) is 0.803. The predicted octanol–water partition coefficient (Wildman–Crippen LogP) is 3.57. The van der Waals surface area contributed by atoms with Gasteiger partial charge in [0.05, 0.1) is 18.2 Å². The molecule has 19 heavy (non-hydrogen) atoms. The van der Waals surface area contributed by atoms with Crippen LogP contribution in [0.4, 0.5) is 5.69 Å². The van der Waals surface area contributed by atoms with Gasteiger partial charge < -0.3 is 9.64 Å². The van der Waals surface area contributed by atoms with Gasteiger partial charge in [-0.2, -0.15) is 5.26 Å². The van der Waals surface area contributed by atoms with Crippen molar-refractivity contribution in [1.82, 2.24) is 0 Å². The summed E-state index contributed by atoms with van der Waals surface area (Å²) in [5.74, 6) is 0.779.